The fourth-order valence-electron chi connectivity index (χ4n) is 2.33. The second-order valence-corrected chi connectivity index (χ2v) is 6.23. The lowest BCUT2D eigenvalue weighted by molar-refractivity contribution is -0.257. The Bertz CT molecular complexity index is 929. The van der Waals surface area contributed by atoms with Crippen LogP contribution < -0.4 is 5.32 Å². The third-order valence-corrected chi connectivity index (χ3v) is 4.20. The number of nitrogens with one attached hydrogen (secondary N) is 1. The number of hydrogen-bond acceptors (Lipinski definition) is 2. The molecule has 0 heterocycles. The maximum atomic E-state index is 13.7. The van der Waals surface area contributed by atoms with Crippen molar-refractivity contribution in [3.63, 3.8) is 0 Å². The van der Waals surface area contributed by atoms with Gasteiger partial charge in [0.15, 0.2) is 0 Å². The summed E-state index contributed by atoms with van der Waals surface area (Å²) in [6, 6.07) is 2.52. The fraction of sp³-hybridized carbons (Fsp3) is 0.235. The van der Waals surface area contributed by atoms with Crippen molar-refractivity contribution in [1.29, 1.82) is 0 Å². The van der Waals surface area contributed by atoms with Gasteiger partial charge in [0.05, 0.1) is 10.6 Å². The average Bonchev–Trinajstić information content (AvgIpc) is 2.60. The van der Waals surface area contributed by atoms with Crippen molar-refractivity contribution < 1.29 is 45.0 Å². The molecule has 0 saturated carbocycles. The van der Waals surface area contributed by atoms with Gasteiger partial charge in [-0.15, -0.1) is 0 Å². The summed E-state index contributed by atoms with van der Waals surface area (Å²) in [6.07, 6.45) is -10.5. The third kappa shape index (κ3) is 4.61. The van der Waals surface area contributed by atoms with Gasteiger partial charge >= 0.3 is 12.4 Å². The van der Waals surface area contributed by atoms with E-state index in [9.17, 15) is 45.0 Å². The van der Waals surface area contributed by atoms with Crippen LogP contribution in [-0.4, -0.2) is 17.2 Å². The van der Waals surface area contributed by atoms with Gasteiger partial charge in [-0.2, -0.15) is 26.3 Å². The van der Waals surface area contributed by atoms with E-state index in [1.54, 1.807) is 0 Å². The Labute approximate surface area is 162 Å². The molecule has 0 saturated heterocycles. The molecular weight excluding hydrogens is 438 g/mol. The van der Waals surface area contributed by atoms with Gasteiger partial charge in [-0.3, -0.25) is 4.79 Å². The molecular formula is C17H10ClF8NO2. The number of carbonyl (C=O) groups is 1. The molecule has 0 aliphatic carbocycles. The van der Waals surface area contributed by atoms with Gasteiger partial charge in [0.1, 0.15) is 11.6 Å². The van der Waals surface area contributed by atoms with Crippen LogP contribution in [-0.2, 0) is 23.1 Å². The lowest BCUT2D eigenvalue weighted by Crippen LogP contribution is -2.54. The molecule has 2 rings (SSSR count). The van der Waals surface area contributed by atoms with E-state index in [-0.39, 0.29) is 6.07 Å². The van der Waals surface area contributed by atoms with Crippen molar-refractivity contribution in [1.82, 2.24) is 5.32 Å². The Morgan fingerprint density at radius 1 is 0.931 bits per heavy atom. The first-order chi connectivity index (χ1) is 13.2. The van der Waals surface area contributed by atoms with Crippen LogP contribution in [0.15, 0.2) is 36.4 Å². The zero-order valence-corrected chi connectivity index (χ0v) is 14.7. The molecule has 1 amide bonds. The molecule has 0 fully saturated rings. The van der Waals surface area contributed by atoms with Crippen LogP contribution >= 0.6 is 11.6 Å². The van der Waals surface area contributed by atoms with E-state index in [1.165, 1.54) is 5.32 Å². The van der Waals surface area contributed by atoms with Crippen molar-refractivity contribution >= 4 is 17.5 Å². The van der Waals surface area contributed by atoms with Crippen LogP contribution in [0.3, 0.4) is 0 Å². The predicted octanol–water partition coefficient (Wildman–Crippen LogP) is 4.70. The lowest BCUT2D eigenvalue weighted by atomic mass is 9.91. The summed E-state index contributed by atoms with van der Waals surface area (Å²) in [5.41, 5.74) is -7.57. The largest absolute Gasteiger partial charge is 0.430 e. The molecule has 0 spiro atoms. The maximum absolute atomic E-state index is 13.7. The molecule has 0 aromatic heterocycles. The molecule has 158 valence electrons. The second-order valence-electron chi connectivity index (χ2n) is 5.82. The second kappa shape index (κ2) is 7.79. The SMILES string of the molecule is O=C(NCc1cc(C(F)(F)F)ccc1F)C(O)(c1ccc(Cl)c(F)c1)C(F)(F)F. The predicted molar refractivity (Wildman–Crippen MR) is 84.6 cm³/mol. The number of alkyl halides is 6. The number of halogens is 9. The topological polar surface area (TPSA) is 49.3 Å². The van der Waals surface area contributed by atoms with Crippen molar-refractivity contribution in [2.75, 3.05) is 0 Å². The minimum absolute atomic E-state index is 0.181. The molecule has 2 aromatic carbocycles. The van der Waals surface area contributed by atoms with E-state index in [1.807, 2.05) is 0 Å². The zero-order valence-electron chi connectivity index (χ0n) is 13.9. The highest BCUT2D eigenvalue weighted by molar-refractivity contribution is 6.30. The van der Waals surface area contributed by atoms with Gasteiger partial charge < -0.3 is 10.4 Å². The van der Waals surface area contributed by atoms with Gasteiger partial charge in [0, 0.05) is 17.7 Å². The maximum Gasteiger partial charge on any atom is 0.430 e. The molecule has 0 bridgehead atoms. The van der Waals surface area contributed by atoms with E-state index in [0.717, 1.165) is 0 Å². The molecule has 3 nitrogen and oxygen atoms in total. The molecule has 0 aliphatic rings. The van der Waals surface area contributed by atoms with E-state index in [0.29, 0.717) is 30.3 Å². The molecule has 1 unspecified atom stereocenters. The third-order valence-electron chi connectivity index (χ3n) is 3.89. The summed E-state index contributed by atoms with van der Waals surface area (Å²) in [6.45, 7) is -1.11. The quantitative estimate of drug-likeness (QED) is 0.667. The Balaban J connectivity index is 2.36. The zero-order chi connectivity index (χ0) is 22.2. The van der Waals surface area contributed by atoms with Crippen LogP contribution in [0.2, 0.25) is 5.02 Å². The van der Waals surface area contributed by atoms with Crippen LogP contribution in [0, 0.1) is 11.6 Å². The van der Waals surface area contributed by atoms with Crippen LogP contribution in [0.25, 0.3) is 0 Å². The Morgan fingerprint density at radius 3 is 2.03 bits per heavy atom. The summed E-state index contributed by atoms with van der Waals surface area (Å²) in [4.78, 5) is 12.1. The first-order valence-electron chi connectivity index (χ1n) is 7.56. The van der Waals surface area contributed by atoms with Crippen LogP contribution in [0.4, 0.5) is 35.1 Å². The molecule has 2 aromatic rings. The summed E-state index contributed by atoms with van der Waals surface area (Å²) < 4.78 is 106. The monoisotopic (exact) mass is 447 g/mol. The summed E-state index contributed by atoms with van der Waals surface area (Å²) in [7, 11) is 0. The normalized spacial score (nSPS) is 14.4. The van der Waals surface area contributed by atoms with Crippen LogP contribution in [0.5, 0.6) is 0 Å². The Hall–Kier alpha value is -2.40. The highest BCUT2D eigenvalue weighted by atomic mass is 35.5. The van der Waals surface area contributed by atoms with E-state index >= 15 is 0 Å². The fourth-order valence-corrected chi connectivity index (χ4v) is 2.45. The Kier molecular flexibility index (Phi) is 6.15. The molecule has 12 heteroatoms. The lowest BCUT2D eigenvalue weighted by Gasteiger charge is -2.29. The van der Waals surface area contributed by atoms with Gasteiger partial charge in [-0.05, 0) is 30.3 Å². The number of benzene rings is 2. The highest BCUT2D eigenvalue weighted by Crippen LogP contribution is 2.40. The number of rotatable bonds is 4. The Morgan fingerprint density at radius 2 is 1.52 bits per heavy atom. The number of hydrogen-bond donors (Lipinski definition) is 2. The smallest absolute Gasteiger partial charge is 0.369 e. The van der Waals surface area contributed by atoms with E-state index in [2.05, 4.69) is 0 Å². The first kappa shape index (κ1) is 22.9. The first-order valence-corrected chi connectivity index (χ1v) is 7.94. The van der Waals surface area contributed by atoms with E-state index < -0.39 is 63.8 Å². The molecule has 0 radical (unpaired) electrons. The van der Waals surface area contributed by atoms with Crippen LogP contribution in [0.1, 0.15) is 16.7 Å². The van der Waals surface area contributed by atoms with Crippen molar-refractivity contribution in [3.05, 3.63) is 69.7 Å². The number of amides is 1. The van der Waals surface area contributed by atoms with Gasteiger partial charge in [0.2, 0.25) is 0 Å². The van der Waals surface area contributed by atoms with Crippen molar-refractivity contribution in [2.24, 2.45) is 0 Å². The molecule has 0 aliphatic heterocycles. The van der Waals surface area contributed by atoms with E-state index in [4.69, 9.17) is 11.6 Å². The summed E-state index contributed by atoms with van der Waals surface area (Å²) in [5.74, 6) is -4.74. The highest BCUT2D eigenvalue weighted by Gasteiger charge is 2.61. The van der Waals surface area contributed by atoms with Crippen molar-refractivity contribution in [2.45, 2.75) is 24.5 Å². The number of carbonyl (C=O) groups excluding carboxylic acids is 1. The average molecular weight is 448 g/mol. The van der Waals surface area contributed by atoms with Gasteiger partial charge in [0.25, 0.3) is 11.5 Å². The van der Waals surface area contributed by atoms with Crippen molar-refractivity contribution in [3.8, 4) is 0 Å². The molecule has 29 heavy (non-hydrogen) atoms. The van der Waals surface area contributed by atoms with Gasteiger partial charge in [-0.25, -0.2) is 8.78 Å². The molecule has 2 N–H and O–H groups in total. The summed E-state index contributed by atoms with van der Waals surface area (Å²) >= 11 is 5.36. The number of aliphatic hydroxyl groups is 1. The minimum atomic E-state index is -5.65. The van der Waals surface area contributed by atoms with Gasteiger partial charge in [-0.1, -0.05) is 17.7 Å². The summed E-state index contributed by atoms with van der Waals surface area (Å²) in [5, 5.41) is 11.0. The minimum Gasteiger partial charge on any atom is -0.369 e. The molecule has 1 atom stereocenters. The standard InChI is InChI=1S/C17H10ClF8NO2/c18-11-3-1-9(6-13(11)20)15(29,17(24,25)26)14(28)27-7-8-5-10(16(21,22)23)2-4-12(8)19/h1-6,29H,7H2,(H,27,28).